The van der Waals surface area contributed by atoms with Crippen molar-refractivity contribution in [3.8, 4) is 6.07 Å². The van der Waals surface area contributed by atoms with Gasteiger partial charge < -0.3 is 10.1 Å². The molecule has 0 unspecified atom stereocenters. The summed E-state index contributed by atoms with van der Waals surface area (Å²) in [6.45, 7) is 4.01. The summed E-state index contributed by atoms with van der Waals surface area (Å²) < 4.78 is 5.27. The Kier molecular flexibility index (Phi) is 4.54. The molecule has 4 nitrogen and oxygen atoms in total. The zero-order valence-corrected chi connectivity index (χ0v) is 10.8. The maximum Gasteiger partial charge on any atom is 0.144 e. The summed E-state index contributed by atoms with van der Waals surface area (Å²) in [6, 6.07) is 4.21. The van der Waals surface area contributed by atoms with Crippen LogP contribution in [0.25, 0.3) is 0 Å². The second-order valence-electron chi connectivity index (χ2n) is 4.43. The van der Waals surface area contributed by atoms with Crippen LogP contribution in [0.15, 0.2) is 6.07 Å². The topological polar surface area (TPSA) is 57.9 Å². The number of rotatable bonds is 5. The van der Waals surface area contributed by atoms with Crippen LogP contribution in [0.1, 0.15) is 36.6 Å². The van der Waals surface area contributed by atoms with E-state index in [-0.39, 0.29) is 0 Å². The predicted molar refractivity (Wildman–Crippen MR) is 70.6 cm³/mol. The molecule has 0 atom stereocenters. The second-order valence-corrected chi connectivity index (χ2v) is 4.43. The monoisotopic (exact) mass is 245 g/mol. The summed E-state index contributed by atoms with van der Waals surface area (Å²) in [4.78, 5) is 4.59. The summed E-state index contributed by atoms with van der Waals surface area (Å²) in [5, 5.41) is 12.4. The van der Waals surface area contributed by atoms with Gasteiger partial charge in [-0.1, -0.05) is 0 Å². The molecule has 1 N–H and O–H groups in total. The maximum atomic E-state index is 9.16. The molecular weight excluding hydrogens is 226 g/mol. The van der Waals surface area contributed by atoms with E-state index in [2.05, 4.69) is 16.4 Å². The number of nitriles is 1. The first-order valence-corrected chi connectivity index (χ1v) is 6.59. The van der Waals surface area contributed by atoms with Gasteiger partial charge in [-0.15, -0.1) is 0 Å². The Bertz CT molecular complexity index is 451. The Morgan fingerprint density at radius 3 is 3.06 bits per heavy atom. The Hall–Kier alpha value is -1.60. The van der Waals surface area contributed by atoms with Crippen LogP contribution in [0.5, 0.6) is 0 Å². The molecule has 1 heterocycles. The molecule has 2 rings (SSSR count). The number of ether oxygens (including phenoxy) is 1. The minimum absolute atomic E-state index is 0.639. The first-order valence-electron chi connectivity index (χ1n) is 6.59. The fraction of sp³-hybridized carbons (Fsp3) is 0.571. The number of nitrogens with one attached hydrogen (secondary N) is 1. The van der Waals surface area contributed by atoms with Crippen LogP contribution in [0.4, 0.5) is 5.82 Å². The van der Waals surface area contributed by atoms with E-state index in [0.717, 1.165) is 18.5 Å². The highest BCUT2D eigenvalue weighted by Crippen LogP contribution is 2.24. The molecule has 0 bridgehead atoms. The van der Waals surface area contributed by atoms with Crippen LogP contribution in [0.3, 0.4) is 0 Å². The maximum absolute atomic E-state index is 9.16. The molecule has 4 heteroatoms. The lowest BCUT2D eigenvalue weighted by molar-refractivity contribution is 0.158. The van der Waals surface area contributed by atoms with Crippen molar-refractivity contribution in [1.29, 1.82) is 5.26 Å². The zero-order chi connectivity index (χ0) is 12.8. The minimum Gasteiger partial charge on any atom is -0.380 e. The lowest BCUT2D eigenvalue weighted by atomic mass is 9.95. The summed E-state index contributed by atoms with van der Waals surface area (Å²) in [7, 11) is 0. The molecule has 18 heavy (non-hydrogen) atoms. The van der Waals surface area contributed by atoms with Gasteiger partial charge in [0.05, 0.1) is 12.2 Å². The van der Waals surface area contributed by atoms with Crippen molar-refractivity contribution < 1.29 is 4.74 Å². The largest absolute Gasteiger partial charge is 0.380 e. The number of fused-ring (bicyclic) bond motifs is 1. The van der Waals surface area contributed by atoms with Gasteiger partial charge in [0.15, 0.2) is 0 Å². The molecule has 0 fully saturated rings. The molecule has 96 valence electrons. The third kappa shape index (κ3) is 2.99. The summed E-state index contributed by atoms with van der Waals surface area (Å²) in [5.41, 5.74) is 3.04. The van der Waals surface area contributed by atoms with Gasteiger partial charge in [-0.05, 0) is 44.2 Å². The van der Waals surface area contributed by atoms with Gasteiger partial charge in [-0.25, -0.2) is 4.98 Å². The van der Waals surface area contributed by atoms with Crippen LogP contribution in [-0.2, 0) is 17.6 Å². The first kappa shape index (κ1) is 12.8. The van der Waals surface area contributed by atoms with Gasteiger partial charge in [0.2, 0.25) is 0 Å². The molecule has 0 saturated carbocycles. The fourth-order valence-corrected chi connectivity index (χ4v) is 2.24. The molecule has 0 saturated heterocycles. The number of aryl methyl sites for hydroxylation is 2. The first-order chi connectivity index (χ1) is 8.85. The van der Waals surface area contributed by atoms with Crippen molar-refractivity contribution in [3.63, 3.8) is 0 Å². The van der Waals surface area contributed by atoms with Gasteiger partial charge in [0, 0.05) is 18.8 Å². The number of pyridine rings is 1. The Morgan fingerprint density at radius 2 is 2.28 bits per heavy atom. The smallest absolute Gasteiger partial charge is 0.144 e. The van der Waals surface area contributed by atoms with Crippen LogP contribution in [-0.4, -0.2) is 24.7 Å². The van der Waals surface area contributed by atoms with E-state index in [1.807, 2.05) is 13.0 Å². The SMILES string of the molecule is CCOCCNc1nc2c(cc1C#N)CCCC2. The third-order valence-electron chi connectivity index (χ3n) is 3.16. The zero-order valence-electron chi connectivity index (χ0n) is 10.8. The molecule has 0 aliphatic heterocycles. The number of hydrogen-bond donors (Lipinski definition) is 1. The molecule has 0 radical (unpaired) electrons. The highest BCUT2D eigenvalue weighted by molar-refractivity contribution is 5.54. The van der Waals surface area contributed by atoms with Crippen molar-refractivity contribution in [2.45, 2.75) is 32.6 Å². The van der Waals surface area contributed by atoms with E-state index in [1.165, 1.54) is 18.4 Å². The number of aromatic nitrogens is 1. The molecule has 0 aromatic carbocycles. The number of hydrogen-bond acceptors (Lipinski definition) is 4. The number of anilines is 1. The van der Waals surface area contributed by atoms with Gasteiger partial charge >= 0.3 is 0 Å². The van der Waals surface area contributed by atoms with Crippen LogP contribution in [0, 0.1) is 11.3 Å². The van der Waals surface area contributed by atoms with E-state index < -0.39 is 0 Å². The van der Waals surface area contributed by atoms with Gasteiger partial charge in [0.1, 0.15) is 11.9 Å². The van der Waals surface area contributed by atoms with Crippen molar-refractivity contribution in [2.24, 2.45) is 0 Å². The van der Waals surface area contributed by atoms with E-state index in [1.54, 1.807) is 0 Å². The predicted octanol–water partition coefficient (Wildman–Crippen LogP) is 2.28. The lowest BCUT2D eigenvalue weighted by Crippen LogP contribution is -2.14. The third-order valence-corrected chi connectivity index (χ3v) is 3.16. The minimum atomic E-state index is 0.639. The summed E-state index contributed by atoms with van der Waals surface area (Å²) in [5.74, 6) is 0.706. The number of nitrogens with zero attached hydrogens (tertiary/aromatic N) is 2. The normalized spacial score (nSPS) is 13.8. The van der Waals surface area contributed by atoms with Gasteiger partial charge in [-0.2, -0.15) is 5.26 Å². The Morgan fingerprint density at radius 1 is 1.44 bits per heavy atom. The molecule has 1 aromatic heterocycles. The Balaban J connectivity index is 2.11. The van der Waals surface area contributed by atoms with Crippen molar-refractivity contribution >= 4 is 5.82 Å². The summed E-state index contributed by atoms with van der Waals surface area (Å²) >= 11 is 0. The van der Waals surface area contributed by atoms with E-state index >= 15 is 0 Å². The lowest BCUT2D eigenvalue weighted by Gasteiger charge is -2.17. The highest BCUT2D eigenvalue weighted by atomic mass is 16.5. The average molecular weight is 245 g/mol. The fourth-order valence-electron chi connectivity index (χ4n) is 2.24. The molecule has 1 aromatic rings. The van der Waals surface area contributed by atoms with Gasteiger partial charge in [-0.3, -0.25) is 0 Å². The Labute approximate surface area is 108 Å². The average Bonchev–Trinajstić information content (AvgIpc) is 2.42. The standard InChI is InChI=1S/C14H19N3O/c1-2-18-8-7-16-14-12(10-15)9-11-5-3-4-6-13(11)17-14/h9H,2-8H2,1H3,(H,16,17). The van der Waals surface area contributed by atoms with Crippen molar-refractivity contribution in [3.05, 3.63) is 22.9 Å². The summed E-state index contributed by atoms with van der Waals surface area (Å²) in [6.07, 6.45) is 4.48. The van der Waals surface area contributed by atoms with E-state index in [0.29, 0.717) is 31.1 Å². The van der Waals surface area contributed by atoms with E-state index in [4.69, 9.17) is 10.00 Å². The quantitative estimate of drug-likeness (QED) is 0.808. The van der Waals surface area contributed by atoms with Gasteiger partial charge in [0.25, 0.3) is 0 Å². The molecule has 1 aliphatic rings. The molecule has 0 amide bonds. The molecule has 1 aliphatic carbocycles. The van der Waals surface area contributed by atoms with Crippen LogP contribution < -0.4 is 5.32 Å². The van der Waals surface area contributed by atoms with Crippen LogP contribution >= 0.6 is 0 Å². The molecule has 0 spiro atoms. The van der Waals surface area contributed by atoms with Crippen LogP contribution in [0.2, 0.25) is 0 Å². The second kappa shape index (κ2) is 6.36. The van der Waals surface area contributed by atoms with Crippen molar-refractivity contribution in [1.82, 2.24) is 4.98 Å². The highest BCUT2D eigenvalue weighted by Gasteiger charge is 2.14. The van der Waals surface area contributed by atoms with E-state index in [9.17, 15) is 0 Å². The van der Waals surface area contributed by atoms with Crippen molar-refractivity contribution in [2.75, 3.05) is 25.1 Å². The molecular formula is C14H19N3O.